The summed E-state index contributed by atoms with van der Waals surface area (Å²) in [6.07, 6.45) is 3.20. The van der Waals surface area contributed by atoms with Crippen LogP contribution >= 0.6 is 0 Å². The molecule has 0 bridgehead atoms. The van der Waals surface area contributed by atoms with E-state index in [1.165, 1.54) is 25.0 Å². The third kappa shape index (κ3) is 4.26. The van der Waals surface area contributed by atoms with Gasteiger partial charge in [0.15, 0.2) is 0 Å². The van der Waals surface area contributed by atoms with E-state index in [1.54, 1.807) is 24.3 Å². The summed E-state index contributed by atoms with van der Waals surface area (Å²) in [6, 6.07) is 9.69. The van der Waals surface area contributed by atoms with Gasteiger partial charge in [-0.15, -0.1) is 0 Å². The average molecular weight is 318 g/mol. The number of hydrogen-bond donors (Lipinski definition) is 0. The first-order valence-electron chi connectivity index (χ1n) is 6.90. The molecule has 6 heteroatoms. The first kappa shape index (κ1) is 17.3. The number of benzene rings is 2. The Labute approximate surface area is 164 Å². The Morgan fingerprint density at radius 2 is 1.76 bits per heavy atom. The minimum atomic E-state index is -5.09. The van der Waals surface area contributed by atoms with Gasteiger partial charge in [-0.1, -0.05) is 48.6 Å². The molecule has 0 atom stereocenters. The maximum atomic E-state index is 13.4. The van der Waals surface area contributed by atoms with E-state index in [-0.39, 0.29) is 62.5 Å². The van der Waals surface area contributed by atoms with Crippen LogP contribution in [0.5, 0.6) is 5.75 Å². The molecule has 0 spiro atoms. The molecule has 21 heavy (non-hydrogen) atoms. The number of fused-ring (bicyclic) bond motifs is 1. The maximum Gasteiger partial charge on any atom is 1.00 e. The quantitative estimate of drug-likeness (QED) is 0.750. The number of halogens is 3. The Morgan fingerprint density at radius 3 is 2.43 bits per heavy atom. The van der Waals surface area contributed by atoms with E-state index >= 15 is 0 Å². The fraction of sp³-hybridized carbons (Fsp3) is 0.333. The molecule has 0 amide bonds. The molecule has 0 aromatic heterocycles. The van der Waals surface area contributed by atoms with Gasteiger partial charge in [-0.2, -0.15) is 0 Å². The van der Waals surface area contributed by atoms with Crippen LogP contribution in [-0.2, 0) is 0 Å². The van der Waals surface area contributed by atoms with Crippen LogP contribution in [0.1, 0.15) is 19.3 Å². The van der Waals surface area contributed by atoms with E-state index < -0.39 is 12.4 Å². The van der Waals surface area contributed by atoms with E-state index in [2.05, 4.69) is 0 Å². The standard InChI is InChI=1S/C15H15BF3O.K/c17-16(18,19)15-13-4-2-1-3-12(13)7-8-14(15)20-10-9-11-5-6-11;/h1-4,7-8,11H,5-6,9-10H2;/q-1;+1. The molecule has 1 fully saturated rings. The van der Waals surface area contributed by atoms with Crippen molar-refractivity contribution in [2.24, 2.45) is 5.92 Å². The van der Waals surface area contributed by atoms with Gasteiger partial charge in [0.05, 0.1) is 12.4 Å². The SMILES string of the molecule is F[B-](F)(F)c1c(OCCC2CC2)ccc2ccccc12.[K+]. The van der Waals surface area contributed by atoms with Gasteiger partial charge in [0, 0.05) is 0 Å². The summed E-state index contributed by atoms with van der Waals surface area (Å²) in [5.74, 6) is 0.618. The van der Waals surface area contributed by atoms with Gasteiger partial charge < -0.3 is 17.7 Å². The van der Waals surface area contributed by atoms with Crippen molar-refractivity contribution in [1.29, 1.82) is 0 Å². The van der Waals surface area contributed by atoms with Crippen molar-refractivity contribution >= 4 is 23.2 Å². The van der Waals surface area contributed by atoms with Crippen LogP contribution in [0.4, 0.5) is 12.9 Å². The third-order valence-corrected chi connectivity index (χ3v) is 3.74. The van der Waals surface area contributed by atoms with E-state index in [1.807, 2.05) is 0 Å². The van der Waals surface area contributed by atoms with Crippen molar-refractivity contribution in [3.63, 3.8) is 0 Å². The molecule has 1 nitrogen and oxygen atoms in total. The molecule has 0 unspecified atom stereocenters. The molecule has 1 aliphatic rings. The van der Waals surface area contributed by atoms with Crippen LogP contribution < -0.4 is 61.6 Å². The Balaban J connectivity index is 0.00000161. The minimum absolute atomic E-state index is 0. The molecule has 3 rings (SSSR count). The normalized spacial score (nSPS) is 14.8. The molecule has 106 valence electrons. The molecule has 2 aromatic rings. The molecule has 2 aromatic carbocycles. The van der Waals surface area contributed by atoms with Gasteiger partial charge in [0.2, 0.25) is 0 Å². The number of ether oxygens (including phenoxy) is 1. The fourth-order valence-electron chi connectivity index (χ4n) is 2.48. The zero-order chi connectivity index (χ0) is 14.2. The molecule has 1 aliphatic carbocycles. The van der Waals surface area contributed by atoms with Crippen molar-refractivity contribution in [3.8, 4) is 5.75 Å². The summed E-state index contributed by atoms with van der Waals surface area (Å²) in [7, 11) is 0. The summed E-state index contributed by atoms with van der Waals surface area (Å²) in [5, 5.41) is 0.820. The van der Waals surface area contributed by atoms with Crippen molar-refractivity contribution in [2.75, 3.05) is 6.61 Å². The van der Waals surface area contributed by atoms with Gasteiger partial charge in [-0.25, -0.2) is 0 Å². The van der Waals surface area contributed by atoms with E-state index in [4.69, 9.17) is 4.74 Å². The number of hydrogen-bond acceptors (Lipinski definition) is 1. The van der Waals surface area contributed by atoms with Crippen LogP contribution in [0.3, 0.4) is 0 Å². The van der Waals surface area contributed by atoms with Gasteiger partial charge in [-0.05, 0) is 29.2 Å². The van der Waals surface area contributed by atoms with Crippen molar-refractivity contribution < 1.29 is 69.1 Å². The molecular weight excluding hydrogens is 303 g/mol. The largest absolute Gasteiger partial charge is 1.00 e. The smallest absolute Gasteiger partial charge is 0.497 e. The molecule has 0 heterocycles. The summed E-state index contributed by atoms with van der Waals surface area (Å²) in [5.41, 5.74) is -0.598. The van der Waals surface area contributed by atoms with Gasteiger partial charge in [0.1, 0.15) is 0 Å². The monoisotopic (exact) mass is 318 g/mol. The molecule has 0 aliphatic heterocycles. The Morgan fingerprint density at radius 1 is 1.05 bits per heavy atom. The average Bonchev–Trinajstić information content (AvgIpc) is 3.21. The van der Waals surface area contributed by atoms with E-state index in [9.17, 15) is 12.9 Å². The second-order valence-corrected chi connectivity index (χ2v) is 5.35. The zero-order valence-corrected chi connectivity index (χ0v) is 15.1. The summed E-state index contributed by atoms with van der Waals surface area (Å²) >= 11 is 0. The van der Waals surface area contributed by atoms with Crippen LogP contribution in [0, 0.1) is 5.92 Å². The Bertz CT molecular complexity index is 626. The Kier molecular flexibility index (Phi) is 5.82. The molecule has 1 saturated carbocycles. The van der Waals surface area contributed by atoms with Crippen molar-refractivity contribution in [1.82, 2.24) is 0 Å². The predicted octanol–water partition coefficient (Wildman–Crippen LogP) is 1.08. The molecule has 0 N–H and O–H groups in total. The van der Waals surface area contributed by atoms with Gasteiger partial charge in [0.25, 0.3) is 0 Å². The first-order chi connectivity index (χ1) is 9.55. The van der Waals surface area contributed by atoms with Gasteiger partial charge in [-0.3, -0.25) is 0 Å². The summed E-state index contributed by atoms with van der Waals surface area (Å²) in [6.45, 7) is -4.73. The van der Waals surface area contributed by atoms with E-state index in [0.29, 0.717) is 17.9 Å². The molecule has 0 radical (unpaired) electrons. The maximum absolute atomic E-state index is 13.4. The molecular formula is C15H15BF3KO. The Hall–Kier alpha value is -0.00870. The van der Waals surface area contributed by atoms with Crippen LogP contribution in [0.2, 0.25) is 0 Å². The van der Waals surface area contributed by atoms with Crippen LogP contribution in [0.25, 0.3) is 10.8 Å². The topological polar surface area (TPSA) is 9.23 Å². The van der Waals surface area contributed by atoms with Crippen LogP contribution in [0.15, 0.2) is 36.4 Å². The van der Waals surface area contributed by atoms with Crippen LogP contribution in [-0.4, -0.2) is 13.6 Å². The number of rotatable bonds is 5. The van der Waals surface area contributed by atoms with Crippen molar-refractivity contribution in [3.05, 3.63) is 36.4 Å². The predicted molar refractivity (Wildman–Crippen MR) is 75.5 cm³/mol. The molecule has 0 saturated heterocycles. The second-order valence-electron chi connectivity index (χ2n) is 5.35. The third-order valence-electron chi connectivity index (χ3n) is 3.74. The van der Waals surface area contributed by atoms with Crippen molar-refractivity contribution in [2.45, 2.75) is 19.3 Å². The fourth-order valence-corrected chi connectivity index (χ4v) is 2.48. The summed E-state index contributed by atoms with van der Waals surface area (Å²) in [4.78, 5) is 0. The van der Waals surface area contributed by atoms with E-state index in [0.717, 1.165) is 6.42 Å². The first-order valence-corrected chi connectivity index (χ1v) is 6.90. The minimum Gasteiger partial charge on any atom is -0.497 e. The summed E-state index contributed by atoms with van der Waals surface area (Å²) < 4.78 is 45.5. The second kappa shape index (κ2) is 7.05. The van der Waals surface area contributed by atoms with Gasteiger partial charge >= 0.3 is 58.4 Å². The zero-order valence-electron chi connectivity index (χ0n) is 12.0.